The number of primary amides is 1. The molecule has 4 rings (SSSR count). The lowest BCUT2D eigenvalue weighted by Gasteiger charge is -2.43. The summed E-state index contributed by atoms with van der Waals surface area (Å²) in [4.78, 5) is 28.9. The lowest BCUT2D eigenvalue weighted by Crippen LogP contribution is -2.49. The molecule has 1 saturated heterocycles. The van der Waals surface area contributed by atoms with Crippen molar-refractivity contribution in [2.24, 2.45) is 17.6 Å². The van der Waals surface area contributed by atoms with E-state index in [1.807, 2.05) is 0 Å². The Morgan fingerprint density at radius 2 is 1.77 bits per heavy atom. The summed E-state index contributed by atoms with van der Waals surface area (Å²) in [7, 11) is 0. The fraction of sp³-hybridized carbons (Fsp3) is 0.583. The molecule has 1 aromatic rings. The van der Waals surface area contributed by atoms with Gasteiger partial charge in [-0.3, -0.25) is 9.59 Å². The first-order valence-electron chi connectivity index (χ1n) is 11.2. The van der Waals surface area contributed by atoms with Crippen molar-refractivity contribution in [2.75, 3.05) is 18.0 Å². The predicted octanol–water partition coefficient (Wildman–Crippen LogP) is 3.72. The fourth-order valence-electron chi connectivity index (χ4n) is 5.58. The molecule has 0 bridgehead atoms. The second-order valence-electron chi connectivity index (χ2n) is 9.38. The number of piperidine rings is 1. The minimum Gasteiger partial charge on any atom is -0.366 e. The normalized spacial score (nSPS) is 27.1. The summed E-state index contributed by atoms with van der Waals surface area (Å²) in [6.07, 6.45) is 8.06. The van der Waals surface area contributed by atoms with Gasteiger partial charge in [-0.25, -0.2) is 4.39 Å². The Morgan fingerprint density at radius 1 is 1.10 bits per heavy atom. The Bertz CT molecular complexity index is 850. The summed E-state index contributed by atoms with van der Waals surface area (Å²) < 4.78 is 13.8. The lowest BCUT2D eigenvalue weighted by molar-refractivity contribution is -0.115. The lowest BCUT2D eigenvalue weighted by atomic mass is 9.79. The minimum absolute atomic E-state index is 0.0590. The number of benzene rings is 1. The summed E-state index contributed by atoms with van der Waals surface area (Å²) in [5.41, 5.74) is 6.65. The summed E-state index contributed by atoms with van der Waals surface area (Å²) in [6.45, 7) is 6.59. The van der Waals surface area contributed by atoms with Gasteiger partial charge in [0.2, 0.25) is 5.91 Å². The molecule has 30 heavy (non-hydrogen) atoms. The maximum atomic E-state index is 13.8. The van der Waals surface area contributed by atoms with Crippen LogP contribution in [0, 0.1) is 17.7 Å². The molecular weight excluding hydrogens is 381 g/mol. The van der Waals surface area contributed by atoms with Crippen molar-refractivity contribution in [2.45, 2.75) is 64.5 Å². The molecule has 2 N–H and O–H groups in total. The number of carbonyl (C=O) groups is 2. The molecule has 3 aliphatic rings. The van der Waals surface area contributed by atoms with Gasteiger partial charge in [0.25, 0.3) is 5.91 Å². The third-order valence-corrected chi connectivity index (χ3v) is 7.31. The zero-order valence-corrected chi connectivity index (χ0v) is 17.9. The maximum Gasteiger partial charge on any atom is 0.259 e. The predicted molar refractivity (Wildman–Crippen MR) is 116 cm³/mol. The van der Waals surface area contributed by atoms with Gasteiger partial charge in [-0.15, -0.1) is 0 Å². The molecule has 2 heterocycles. The highest BCUT2D eigenvalue weighted by Crippen LogP contribution is 2.41. The molecule has 0 aromatic heterocycles. The highest BCUT2D eigenvalue weighted by atomic mass is 19.1. The van der Waals surface area contributed by atoms with E-state index in [1.165, 1.54) is 37.8 Å². The first kappa shape index (κ1) is 21.0. The third-order valence-electron chi connectivity index (χ3n) is 7.31. The second-order valence-corrected chi connectivity index (χ2v) is 9.38. The average molecular weight is 414 g/mol. The van der Waals surface area contributed by atoms with E-state index >= 15 is 0 Å². The number of halogens is 1. The molecule has 5 nitrogen and oxygen atoms in total. The number of nitrogens with two attached hydrogens (primary N) is 1. The van der Waals surface area contributed by atoms with E-state index in [2.05, 4.69) is 18.7 Å². The number of fused-ring (bicyclic) bond motifs is 1. The number of carbonyl (C=O) groups excluding carboxylic acids is 2. The molecule has 0 radical (unpaired) electrons. The zero-order chi connectivity index (χ0) is 21.4. The molecule has 1 aliphatic carbocycles. The van der Waals surface area contributed by atoms with Gasteiger partial charge in [0.05, 0.1) is 11.3 Å². The van der Waals surface area contributed by atoms with Crippen LogP contribution in [0.5, 0.6) is 0 Å². The van der Waals surface area contributed by atoms with Crippen molar-refractivity contribution in [1.29, 1.82) is 0 Å². The fourth-order valence-corrected chi connectivity index (χ4v) is 5.58. The van der Waals surface area contributed by atoms with Crippen LogP contribution in [-0.2, 0) is 9.59 Å². The van der Waals surface area contributed by atoms with Crippen molar-refractivity contribution in [3.05, 3.63) is 35.7 Å². The molecule has 0 unspecified atom stereocenters. The van der Waals surface area contributed by atoms with Gasteiger partial charge in [-0.2, -0.15) is 0 Å². The SMILES string of the molecule is CC(C)C1CCC(N2CCC(N3C(=O)/C(=C\C(N)=O)c4cc(F)ccc43)CC2)CC1. The standard InChI is InChI=1S/C24H32FN3O2/c1-15(2)16-3-6-18(7-4-16)27-11-9-19(10-12-27)28-22-8-5-17(25)13-20(22)21(24(28)30)14-23(26)29/h5,8,13-16,18-19H,3-4,6-7,9-12H2,1-2H3,(H2,26,29)/b21-14-. The Morgan fingerprint density at radius 3 is 2.37 bits per heavy atom. The van der Waals surface area contributed by atoms with Crippen LogP contribution < -0.4 is 10.6 Å². The van der Waals surface area contributed by atoms with E-state index in [4.69, 9.17) is 5.73 Å². The molecule has 2 amide bonds. The molecule has 6 heteroatoms. The van der Waals surface area contributed by atoms with Crippen LogP contribution in [0.3, 0.4) is 0 Å². The number of anilines is 1. The van der Waals surface area contributed by atoms with Crippen molar-refractivity contribution >= 4 is 23.1 Å². The van der Waals surface area contributed by atoms with Crippen LogP contribution >= 0.6 is 0 Å². The topological polar surface area (TPSA) is 66.6 Å². The van der Waals surface area contributed by atoms with Gasteiger partial charge < -0.3 is 15.5 Å². The molecule has 1 saturated carbocycles. The van der Waals surface area contributed by atoms with E-state index < -0.39 is 11.7 Å². The highest BCUT2D eigenvalue weighted by Gasteiger charge is 2.39. The first-order valence-corrected chi connectivity index (χ1v) is 11.2. The first-order chi connectivity index (χ1) is 14.3. The van der Waals surface area contributed by atoms with Crippen LogP contribution in [0.25, 0.3) is 5.57 Å². The summed E-state index contributed by atoms with van der Waals surface area (Å²) in [5, 5.41) is 0. The van der Waals surface area contributed by atoms with Crippen molar-refractivity contribution in [3.8, 4) is 0 Å². The largest absolute Gasteiger partial charge is 0.366 e. The Kier molecular flexibility index (Phi) is 5.96. The van der Waals surface area contributed by atoms with Crippen LogP contribution in [-0.4, -0.2) is 41.9 Å². The second kappa shape index (κ2) is 8.50. The number of rotatable bonds is 4. The van der Waals surface area contributed by atoms with E-state index in [9.17, 15) is 14.0 Å². The van der Waals surface area contributed by atoms with Crippen LogP contribution in [0.4, 0.5) is 10.1 Å². The van der Waals surface area contributed by atoms with Crippen molar-refractivity contribution in [3.63, 3.8) is 0 Å². The monoisotopic (exact) mass is 413 g/mol. The van der Waals surface area contributed by atoms with Crippen LogP contribution in [0.2, 0.25) is 0 Å². The Balaban J connectivity index is 1.45. The average Bonchev–Trinajstić information content (AvgIpc) is 2.99. The van der Waals surface area contributed by atoms with E-state index in [0.29, 0.717) is 17.3 Å². The van der Waals surface area contributed by atoms with Gasteiger partial charge in [-0.05, 0) is 68.6 Å². The number of amides is 2. The molecular formula is C24H32FN3O2. The molecule has 1 aromatic carbocycles. The quantitative estimate of drug-likeness (QED) is 0.765. The molecule has 0 spiro atoms. The number of hydrogen-bond donors (Lipinski definition) is 1. The summed E-state index contributed by atoms with van der Waals surface area (Å²) in [6, 6.07) is 5.05. The number of hydrogen-bond acceptors (Lipinski definition) is 3. The number of likely N-dealkylation sites (tertiary alicyclic amines) is 1. The molecule has 0 atom stereocenters. The molecule has 162 valence electrons. The van der Waals surface area contributed by atoms with Crippen molar-refractivity contribution in [1.82, 2.24) is 4.90 Å². The minimum atomic E-state index is -0.692. The smallest absolute Gasteiger partial charge is 0.259 e. The van der Waals surface area contributed by atoms with Crippen LogP contribution in [0.15, 0.2) is 24.3 Å². The molecule has 2 fully saturated rings. The maximum absolute atomic E-state index is 13.8. The van der Waals surface area contributed by atoms with E-state index in [0.717, 1.165) is 43.8 Å². The van der Waals surface area contributed by atoms with Gasteiger partial charge in [0.1, 0.15) is 5.82 Å². The van der Waals surface area contributed by atoms with Gasteiger partial charge >= 0.3 is 0 Å². The highest BCUT2D eigenvalue weighted by molar-refractivity contribution is 6.35. The van der Waals surface area contributed by atoms with Gasteiger partial charge in [0, 0.05) is 36.8 Å². The van der Waals surface area contributed by atoms with E-state index in [1.54, 1.807) is 11.0 Å². The van der Waals surface area contributed by atoms with E-state index in [-0.39, 0.29) is 17.5 Å². The third kappa shape index (κ3) is 4.02. The zero-order valence-electron chi connectivity index (χ0n) is 17.9. The summed E-state index contributed by atoms with van der Waals surface area (Å²) in [5.74, 6) is 0.261. The van der Waals surface area contributed by atoms with Gasteiger partial charge in [0.15, 0.2) is 0 Å². The van der Waals surface area contributed by atoms with Gasteiger partial charge in [-0.1, -0.05) is 13.8 Å². The molecule has 2 aliphatic heterocycles. The summed E-state index contributed by atoms with van der Waals surface area (Å²) >= 11 is 0. The Labute approximate surface area is 178 Å². The number of nitrogens with zero attached hydrogens (tertiary/aromatic N) is 2. The van der Waals surface area contributed by atoms with Crippen LogP contribution in [0.1, 0.15) is 57.9 Å². The van der Waals surface area contributed by atoms with Crippen molar-refractivity contribution < 1.29 is 14.0 Å². The Hall–Kier alpha value is -2.21.